The van der Waals surface area contributed by atoms with Crippen LogP contribution in [0.25, 0.3) is 0 Å². The summed E-state index contributed by atoms with van der Waals surface area (Å²) in [5.74, 6) is -0.635. The van der Waals surface area contributed by atoms with Crippen molar-refractivity contribution in [2.24, 2.45) is 0 Å². The molecule has 0 bridgehead atoms. The van der Waals surface area contributed by atoms with Crippen LogP contribution in [0.5, 0.6) is 0 Å². The van der Waals surface area contributed by atoms with Crippen molar-refractivity contribution in [1.29, 1.82) is 0 Å². The van der Waals surface area contributed by atoms with Gasteiger partial charge in [-0.05, 0) is 24.1 Å². The fourth-order valence-corrected chi connectivity index (χ4v) is 2.18. The van der Waals surface area contributed by atoms with Crippen LogP contribution in [0.4, 0.5) is 4.79 Å². The summed E-state index contributed by atoms with van der Waals surface area (Å²) in [6, 6.07) is 5.07. The minimum atomic E-state index is -3.94. The number of urea groups is 1. The van der Waals surface area contributed by atoms with E-state index in [4.69, 9.17) is 0 Å². The zero-order chi connectivity index (χ0) is 13.8. The van der Waals surface area contributed by atoms with Gasteiger partial charge in [-0.15, -0.1) is 0 Å². The minimum Gasteiger partial charge on any atom is -0.278 e. The molecule has 1 rings (SSSR count). The Kier molecular flexibility index (Phi) is 4.43. The number of amides is 3. The molecule has 0 aliphatic carbocycles. The summed E-state index contributed by atoms with van der Waals surface area (Å²) in [6.07, 6.45) is 0.790. The van der Waals surface area contributed by atoms with Crippen LogP contribution in [0, 0.1) is 0 Å². The molecular weight excluding hydrogens is 256 g/mol. The van der Waals surface area contributed by atoms with E-state index in [0.29, 0.717) is 0 Å². The molecule has 3 amide bonds. The average Bonchev–Trinajstić information content (AvgIpc) is 2.27. The molecule has 98 valence electrons. The van der Waals surface area contributed by atoms with E-state index in [0.717, 1.165) is 18.9 Å². The van der Waals surface area contributed by atoms with Gasteiger partial charge in [-0.3, -0.25) is 10.1 Å². The predicted molar refractivity (Wildman–Crippen MR) is 65.4 cm³/mol. The molecule has 0 unspecified atom stereocenters. The molecule has 0 aliphatic rings. The second kappa shape index (κ2) is 5.63. The first-order chi connectivity index (χ1) is 8.35. The van der Waals surface area contributed by atoms with Crippen molar-refractivity contribution in [1.82, 2.24) is 10.0 Å². The fourth-order valence-electron chi connectivity index (χ4n) is 1.27. The van der Waals surface area contributed by atoms with Crippen LogP contribution in [0.1, 0.15) is 19.4 Å². The SMILES string of the molecule is CCc1ccc(S(=O)(=O)NC(=O)NC(C)=O)cc1. The van der Waals surface area contributed by atoms with E-state index in [-0.39, 0.29) is 4.90 Å². The Morgan fingerprint density at radius 2 is 1.72 bits per heavy atom. The van der Waals surface area contributed by atoms with Gasteiger partial charge < -0.3 is 0 Å². The number of sulfonamides is 1. The smallest absolute Gasteiger partial charge is 0.278 e. The van der Waals surface area contributed by atoms with E-state index in [1.54, 1.807) is 16.9 Å². The van der Waals surface area contributed by atoms with Crippen molar-refractivity contribution in [2.75, 3.05) is 0 Å². The minimum absolute atomic E-state index is 0.0293. The number of carbonyl (C=O) groups is 2. The third-order valence-electron chi connectivity index (χ3n) is 2.16. The summed E-state index contributed by atoms with van der Waals surface area (Å²) in [7, 11) is -3.94. The maximum absolute atomic E-state index is 11.7. The molecule has 0 saturated heterocycles. The van der Waals surface area contributed by atoms with Crippen LogP contribution in [-0.2, 0) is 21.2 Å². The fraction of sp³-hybridized carbons (Fsp3) is 0.273. The summed E-state index contributed by atoms with van der Waals surface area (Å²) in [5.41, 5.74) is 0.988. The molecule has 0 aliphatic heterocycles. The van der Waals surface area contributed by atoms with Crippen LogP contribution >= 0.6 is 0 Å². The zero-order valence-corrected chi connectivity index (χ0v) is 10.9. The van der Waals surface area contributed by atoms with Crippen molar-refractivity contribution in [2.45, 2.75) is 25.2 Å². The quantitative estimate of drug-likeness (QED) is 0.849. The molecular formula is C11H14N2O4S. The lowest BCUT2D eigenvalue weighted by atomic mass is 10.2. The Hall–Kier alpha value is -1.89. The van der Waals surface area contributed by atoms with Gasteiger partial charge >= 0.3 is 6.03 Å². The molecule has 1 aromatic rings. The van der Waals surface area contributed by atoms with Crippen molar-refractivity contribution >= 4 is 22.0 Å². The Morgan fingerprint density at radius 3 is 2.17 bits per heavy atom. The number of benzene rings is 1. The van der Waals surface area contributed by atoms with Crippen molar-refractivity contribution in [3.8, 4) is 0 Å². The summed E-state index contributed by atoms with van der Waals surface area (Å²) >= 11 is 0. The van der Waals surface area contributed by atoms with Crippen molar-refractivity contribution in [3.63, 3.8) is 0 Å². The number of rotatable bonds is 3. The molecule has 18 heavy (non-hydrogen) atoms. The van der Waals surface area contributed by atoms with Gasteiger partial charge in [0.2, 0.25) is 5.91 Å². The third-order valence-corrected chi connectivity index (χ3v) is 3.51. The van der Waals surface area contributed by atoms with Crippen LogP contribution in [0.15, 0.2) is 29.2 Å². The van der Waals surface area contributed by atoms with Crippen molar-refractivity contribution < 1.29 is 18.0 Å². The topological polar surface area (TPSA) is 92.3 Å². The summed E-state index contributed by atoms with van der Waals surface area (Å²) in [4.78, 5) is 21.7. The van der Waals surface area contributed by atoms with Crippen LogP contribution in [-0.4, -0.2) is 20.4 Å². The van der Waals surface area contributed by atoms with E-state index in [9.17, 15) is 18.0 Å². The highest BCUT2D eigenvalue weighted by atomic mass is 32.2. The maximum Gasteiger partial charge on any atom is 0.335 e. The molecule has 0 atom stereocenters. The molecule has 0 heterocycles. The van der Waals surface area contributed by atoms with Gasteiger partial charge in [-0.25, -0.2) is 17.9 Å². The maximum atomic E-state index is 11.7. The van der Waals surface area contributed by atoms with Crippen molar-refractivity contribution in [3.05, 3.63) is 29.8 Å². The summed E-state index contributed by atoms with van der Waals surface area (Å²) < 4.78 is 25.2. The van der Waals surface area contributed by atoms with Gasteiger partial charge in [0.15, 0.2) is 0 Å². The number of carbonyl (C=O) groups excluding carboxylic acids is 2. The second-order valence-electron chi connectivity index (χ2n) is 3.61. The first kappa shape index (κ1) is 14.2. The zero-order valence-electron chi connectivity index (χ0n) is 10.1. The standard InChI is InChI=1S/C11H14N2O4S/c1-3-9-4-6-10(7-5-9)18(16,17)13-11(15)12-8(2)14/h4-7H,3H2,1-2H3,(H2,12,13,14,15). The Balaban J connectivity index is 2.85. The number of nitrogens with one attached hydrogen (secondary N) is 2. The van der Waals surface area contributed by atoms with Gasteiger partial charge in [0, 0.05) is 6.92 Å². The van der Waals surface area contributed by atoms with Crippen LogP contribution < -0.4 is 10.0 Å². The Labute approximate surface area is 105 Å². The molecule has 1 aromatic carbocycles. The average molecular weight is 270 g/mol. The molecule has 0 aromatic heterocycles. The van der Waals surface area contributed by atoms with E-state index in [1.165, 1.54) is 12.1 Å². The third kappa shape index (κ3) is 3.85. The highest BCUT2D eigenvalue weighted by Gasteiger charge is 2.17. The molecule has 0 radical (unpaired) electrons. The molecule has 6 nitrogen and oxygen atoms in total. The largest absolute Gasteiger partial charge is 0.335 e. The number of hydrogen-bond donors (Lipinski definition) is 2. The molecule has 2 N–H and O–H groups in total. The highest BCUT2D eigenvalue weighted by Crippen LogP contribution is 2.10. The molecule has 0 saturated carbocycles. The normalized spacial score (nSPS) is 10.8. The van der Waals surface area contributed by atoms with Crippen LogP contribution in [0.2, 0.25) is 0 Å². The molecule has 0 spiro atoms. The number of imide groups is 1. The number of hydrogen-bond acceptors (Lipinski definition) is 4. The van der Waals surface area contributed by atoms with Crippen LogP contribution in [0.3, 0.4) is 0 Å². The predicted octanol–water partition coefficient (Wildman–Crippen LogP) is 0.783. The van der Waals surface area contributed by atoms with E-state index < -0.39 is 22.0 Å². The lowest BCUT2D eigenvalue weighted by molar-refractivity contribution is -0.117. The Bertz CT molecular complexity index is 549. The van der Waals surface area contributed by atoms with E-state index >= 15 is 0 Å². The van der Waals surface area contributed by atoms with Gasteiger partial charge in [0.25, 0.3) is 10.0 Å². The lowest BCUT2D eigenvalue weighted by Crippen LogP contribution is -2.41. The first-order valence-electron chi connectivity index (χ1n) is 5.28. The molecule has 7 heteroatoms. The molecule has 0 fully saturated rings. The second-order valence-corrected chi connectivity index (χ2v) is 5.30. The van der Waals surface area contributed by atoms with Gasteiger partial charge in [-0.2, -0.15) is 0 Å². The summed E-state index contributed by atoms with van der Waals surface area (Å²) in [5, 5.41) is 1.82. The first-order valence-corrected chi connectivity index (χ1v) is 6.77. The van der Waals surface area contributed by atoms with Gasteiger partial charge in [0.1, 0.15) is 0 Å². The van der Waals surface area contributed by atoms with E-state index in [1.807, 2.05) is 12.2 Å². The van der Waals surface area contributed by atoms with Gasteiger partial charge in [0.05, 0.1) is 4.90 Å². The monoisotopic (exact) mass is 270 g/mol. The summed E-state index contributed by atoms with van der Waals surface area (Å²) in [6.45, 7) is 3.06. The highest BCUT2D eigenvalue weighted by molar-refractivity contribution is 7.90. The Morgan fingerprint density at radius 1 is 1.17 bits per heavy atom. The van der Waals surface area contributed by atoms with Gasteiger partial charge in [-0.1, -0.05) is 19.1 Å². The number of aryl methyl sites for hydroxylation is 1. The lowest BCUT2D eigenvalue weighted by Gasteiger charge is -2.07. The van der Waals surface area contributed by atoms with E-state index in [2.05, 4.69) is 0 Å².